The van der Waals surface area contributed by atoms with Gasteiger partial charge in [0.25, 0.3) is 0 Å². The molecule has 0 aliphatic heterocycles. The molecule has 1 saturated carbocycles. The van der Waals surface area contributed by atoms with E-state index in [1.165, 1.54) is 43.3 Å². The third-order valence-corrected chi connectivity index (χ3v) is 6.29. The third kappa shape index (κ3) is 5.32. The predicted molar refractivity (Wildman–Crippen MR) is 92.7 cm³/mol. The second-order valence-electron chi connectivity index (χ2n) is 7.55. The maximum absolute atomic E-state index is 11.3. The lowest BCUT2D eigenvalue weighted by atomic mass is 9.69. The molecule has 4 nitrogen and oxygen atoms in total. The third-order valence-electron chi connectivity index (χ3n) is 4.41. The molecule has 0 bridgehead atoms. The van der Waals surface area contributed by atoms with Crippen molar-refractivity contribution in [3.8, 4) is 0 Å². The van der Waals surface area contributed by atoms with E-state index >= 15 is 0 Å². The van der Waals surface area contributed by atoms with Gasteiger partial charge >= 0.3 is 0 Å². The lowest BCUT2D eigenvalue weighted by Crippen LogP contribution is -2.43. The molecule has 126 valence electrons. The van der Waals surface area contributed by atoms with Crippen molar-refractivity contribution in [2.45, 2.75) is 64.8 Å². The molecule has 0 radical (unpaired) electrons. The van der Waals surface area contributed by atoms with Crippen molar-refractivity contribution < 1.29 is 8.42 Å². The largest absolute Gasteiger partial charge is 0.308 e. The molecule has 1 aromatic heterocycles. The van der Waals surface area contributed by atoms with Gasteiger partial charge in [-0.05, 0) is 24.2 Å². The summed E-state index contributed by atoms with van der Waals surface area (Å²) in [4.78, 5) is 4.44. The van der Waals surface area contributed by atoms with Crippen LogP contribution in [0.4, 0.5) is 0 Å². The molecule has 1 N–H and O–H groups in total. The van der Waals surface area contributed by atoms with Gasteiger partial charge in [-0.1, -0.05) is 33.6 Å². The Bertz CT molecular complexity index is 588. The van der Waals surface area contributed by atoms with Crippen LogP contribution in [0.25, 0.3) is 0 Å². The molecule has 0 spiro atoms. The highest BCUT2D eigenvalue weighted by Crippen LogP contribution is 2.38. The molecular formula is C16H28N2O2S2. The Morgan fingerprint density at radius 3 is 2.64 bits per heavy atom. The maximum Gasteiger partial charge on any atom is 0.153 e. The van der Waals surface area contributed by atoms with Crippen molar-refractivity contribution in [3.63, 3.8) is 0 Å². The number of nitrogens with zero attached hydrogens (tertiary/aromatic N) is 1. The van der Waals surface area contributed by atoms with Crippen LogP contribution in [0.5, 0.6) is 0 Å². The van der Waals surface area contributed by atoms with Gasteiger partial charge < -0.3 is 5.32 Å². The zero-order valence-corrected chi connectivity index (χ0v) is 15.7. The molecule has 6 heteroatoms. The van der Waals surface area contributed by atoms with Crippen LogP contribution in [0.15, 0.2) is 5.38 Å². The Morgan fingerprint density at radius 1 is 1.32 bits per heavy atom. The molecule has 0 amide bonds. The van der Waals surface area contributed by atoms with E-state index < -0.39 is 9.84 Å². The van der Waals surface area contributed by atoms with Crippen LogP contribution in [-0.2, 0) is 22.1 Å². The first-order chi connectivity index (χ1) is 10.1. The number of hydrogen-bond donors (Lipinski definition) is 1. The van der Waals surface area contributed by atoms with Crippen molar-refractivity contribution in [3.05, 3.63) is 16.1 Å². The standard InChI is InChI=1S/C16H28N2O2S2/c1-16(2,3)13-7-5-6-8-14(13)17-9-12-10-21-15(18-12)11-22(4,19)20/h10,13-14,17H,5-9,11H2,1-4H3/t13-,14+/m0/s1. The summed E-state index contributed by atoms with van der Waals surface area (Å²) >= 11 is 1.44. The Labute approximate surface area is 138 Å². The van der Waals surface area contributed by atoms with Crippen LogP contribution in [-0.4, -0.2) is 25.7 Å². The molecule has 1 heterocycles. The van der Waals surface area contributed by atoms with E-state index in [0.717, 1.165) is 12.2 Å². The Balaban J connectivity index is 1.94. The summed E-state index contributed by atoms with van der Waals surface area (Å²) in [5.74, 6) is 0.737. The fourth-order valence-electron chi connectivity index (χ4n) is 3.37. The zero-order chi connectivity index (χ0) is 16.4. The van der Waals surface area contributed by atoms with Gasteiger partial charge in [-0.2, -0.15) is 0 Å². The van der Waals surface area contributed by atoms with E-state index in [1.54, 1.807) is 0 Å². The van der Waals surface area contributed by atoms with E-state index in [-0.39, 0.29) is 5.75 Å². The minimum atomic E-state index is -3.00. The van der Waals surface area contributed by atoms with Gasteiger partial charge in [0.05, 0.1) is 5.69 Å². The minimum Gasteiger partial charge on any atom is -0.308 e. The Hall–Kier alpha value is -0.460. The number of hydrogen-bond acceptors (Lipinski definition) is 5. The van der Waals surface area contributed by atoms with Gasteiger partial charge in [0, 0.05) is 24.2 Å². The molecule has 1 aromatic rings. The highest BCUT2D eigenvalue weighted by atomic mass is 32.2. The first-order valence-corrected chi connectivity index (χ1v) is 10.9. The lowest BCUT2D eigenvalue weighted by Gasteiger charge is -2.41. The van der Waals surface area contributed by atoms with Gasteiger partial charge in [0.1, 0.15) is 10.8 Å². The van der Waals surface area contributed by atoms with Gasteiger partial charge in [-0.3, -0.25) is 0 Å². The molecule has 1 fully saturated rings. The summed E-state index contributed by atoms with van der Waals surface area (Å²) in [6, 6.07) is 0.536. The van der Waals surface area contributed by atoms with Crippen LogP contribution >= 0.6 is 11.3 Å². The molecule has 2 rings (SSSR count). The van der Waals surface area contributed by atoms with E-state index in [2.05, 4.69) is 31.1 Å². The SMILES string of the molecule is CC(C)(C)[C@H]1CCCC[C@H]1NCc1csc(CS(C)(=O)=O)n1. The highest BCUT2D eigenvalue weighted by molar-refractivity contribution is 7.90. The quantitative estimate of drug-likeness (QED) is 0.889. The Kier molecular flexibility index (Phi) is 5.67. The normalized spacial score (nSPS) is 23.6. The molecule has 0 saturated heterocycles. The van der Waals surface area contributed by atoms with Crippen molar-refractivity contribution >= 4 is 21.2 Å². The lowest BCUT2D eigenvalue weighted by molar-refractivity contribution is 0.130. The smallest absolute Gasteiger partial charge is 0.153 e. The van der Waals surface area contributed by atoms with Gasteiger partial charge in [0.15, 0.2) is 9.84 Å². The van der Waals surface area contributed by atoms with E-state index in [4.69, 9.17) is 0 Å². The molecule has 0 aromatic carbocycles. The summed E-state index contributed by atoms with van der Waals surface area (Å²) in [7, 11) is -3.00. The fraction of sp³-hybridized carbons (Fsp3) is 0.812. The molecule has 2 atom stereocenters. The Morgan fingerprint density at radius 2 is 2.00 bits per heavy atom. The van der Waals surface area contributed by atoms with E-state index in [0.29, 0.717) is 22.4 Å². The van der Waals surface area contributed by atoms with E-state index in [9.17, 15) is 8.42 Å². The maximum atomic E-state index is 11.3. The second kappa shape index (κ2) is 6.97. The topological polar surface area (TPSA) is 59.1 Å². The average Bonchev–Trinajstić information content (AvgIpc) is 2.81. The highest BCUT2D eigenvalue weighted by Gasteiger charge is 2.33. The van der Waals surface area contributed by atoms with Crippen molar-refractivity contribution in [1.29, 1.82) is 0 Å². The fourth-order valence-corrected chi connectivity index (χ4v) is 5.37. The van der Waals surface area contributed by atoms with Crippen molar-refractivity contribution in [1.82, 2.24) is 10.3 Å². The number of thiazole rings is 1. The summed E-state index contributed by atoms with van der Waals surface area (Å²) in [6.45, 7) is 7.71. The van der Waals surface area contributed by atoms with Crippen LogP contribution in [0, 0.1) is 11.3 Å². The van der Waals surface area contributed by atoms with Crippen molar-refractivity contribution in [2.24, 2.45) is 11.3 Å². The van der Waals surface area contributed by atoms with Gasteiger partial charge in [-0.25, -0.2) is 13.4 Å². The van der Waals surface area contributed by atoms with Gasteiger partial charge in [-0.15, -0.1) is 11.3 Å². The summed E-state index contributed by atoms with van der Waals surface area (Å²) in [5, 5.41) is 6.33. The molecule has 22 heavy (non-hydrogen) atoms. The van der Waals surface area contributed by atoms with Crippen LogP contribution in [0.1, 0.15) is 57.2 Å². The first-order valence-electron chi connectivity index (χ1n) is 7.99. The first kappa shape index (κ1) is 17.9. The van der Waals surface area contributed by atoms with Crippen molar-refractivity contribution in [2.75, 3.05) is 6.26 Å². The second-order valence-corrected chi connectivity index (χ2v) is 10.6. The molecule has 1 aliphatic carbocycles. The van der Waals surface area contributed by atoms with Gasteiger partial charge in [0.2, 0.25) is 0 Å². The van der Waals surface area contributed by atoms with E-state index in [1.807, 2.05) is 5.38 Å². The summed E-state index contributed by atoms with van der Waals surface area (Å²) < 4.78 is 22.6. The molecule has 1 aliphatic rings. The van der Waals surface area contributed by atoms with Crippen LogP contribution < -0.4 is 5.32 Å². The number of rotatable bonds is 5. The summed E-state index contributed by atoms with van der Waals surface area (Å²) in [5.41, 5.74) is 1.28. The zero-order valence-electron chi connectivity index (χ0n) is 14.1. The number of aromatic nitrogens is 1. The molecular weight excluding hydrogens is 316 g/mol. The minimum absolute atomic E-state index is 0.0473. The monoisotopic (exact) mass is 344 g/mol. The summed E-state index contributed by atoms with van der Waals surface area (Å²) in [6.07, 6.45) is 6.39. The number of sulfone groups is 1. The predicted octanol–water partition coefficient (Wildman–Crippen LogP) is 3.38. The van der Waals surface area contributed by atoms with Crippen LogP contribution in [0.2, 0.25) is 0 Å². The van der Waals surface area contributed by atoms with Crippen LogP contribution in [0.3, 0.4) is 0 Å². The average molecular weight is 345 g/mol. The molecule has 0 unspecified atom stereocenters. The number of nitrogens with one attached hydrogen (secondary N) is 1.